The summed E-state index contributed by atoms with van der Waals surface area (Å²) in [5.41, 5.74) is 6.94. The molecular weight excluding hydrogens is 242 g/mol. The fourth-order valence-electron chi connectivity index (χ4n) is 3.81. The van der Waals surface area contributed by atoms with Crippen molar-refractivity contribution in [2.24, 2.45) is 23.0 Å². The molecule has 0 amide bonds. The highest BCUT2D eigenvalue weighted by Crippen LogP contribution is 2.40. The first kappa shape index (κ1) is 18.0. The average molecular weight is 282 g/mol. The third kappa shape index (κ3) is 6.61. The van der Waals surface area contributed by atoms with Gasteiger partial charge in [0.2, 0.25) is 0 Å². The largest absolute Gasteiger partial charge is 0.327 e. The second kappa shape index (κ2) is 9.07. The van der Waals surface area contributed by atoms with E-state index in [1.54, 1.807) is 0 Å². The standard InChI is InChI=1S/C19H39N/c1-5-6-7-8-9-10-11-18(20)16-12-14-17(15-13-16)19(2,3)4/h16-18H,5-15,20H2,1-4H3. The SMILES string of the molecule is CCCCCCCCC(N)C1CCC(C(C)(C)C)CC1. The molecule has 1 rings (SSSR count). The predicted octanol–water partition coefficient (Wildman–Crippen LogP) is 5.92. The van der Waals surface area contributed by atoms with Crippen molar-refractivity contribution in [3.63, 3.8) is 0 Å². The highest BCUT2D eigenvalue weighted by molar-refractivity contribution is 4.84. The van der Waals surface area contributed by atoms with Gasteiger partial charge in [0.05, 0.1) is 0 Å². The summed E-state index contributed by atoms with van der Waals surface area (Å²) in [6.45, 7) is 9.47. The molecule has 0 saturated heterocycles. The van der Waals surface area contributed by atoms with Gasteiger partial charge < -0.3 is 5.73 Å². The quantitative estimate of drug-likeness (QED) is 0.549. The fourth-order valence-corrected chi connectivity index (χ4v) is 3.81. The number of hydrogen-bond acceptors (Lipinski definition) is 1. The van der Waals surface area contributed by atoms with Crippen LogP contribution < -0.4 is 5.73 Å². The molecule has 0 aromatic carbocycles. The highest BCUT2D eigenvalue weighted by atomic mass is 14.6. The Kier molecular flexibility index (Phi) is 8.17. The van der Waals surface area contributed by atoms with Gasteiger partial charge in [0.1, 0.15) is 0 Å². The van der Waals surface area contributed by atoms with E-state index in [2.05, 4.69) is 27.7 Å². The van der Waals surface area contributed by atoms with E-state index >= 15 is 0 Å². The predicted molar refractivity (Wildman–Crippen MR) is 90.9 cm³/mol. The molecule has 1 fully saturated rings. The molecule has 0 heterocycles. The Balaban J connectivity index is 2.11. The molecule has 1 heteroatoms. The van der Waals surface area contributed by atoms with Crippen LogP contribution in [0.3, 0.4) is 0 Å². The van der Waals surface area contributed by atoms with Crippen LogP contribution in [0.15, 0.2) is 0 Å². The lowest BCUT2D eigenvalue weighted by Gasteiger charge is -2.38. The maximum atomic E-state index is 6.44. The van der Waals surface area contributed by atoms with Crippen molar-refractivity contribution in [1.82, 2.24) is 0 Å². The fraction of sp³-hybridized carbons (Fsp3) is 1.00. The van der Waals surface area contributed by atoms with Crippen LogP contribution in [0.4, 0.5) is 0 Å². The van der Waals surface area contributed by atoms with Gasteiger partial charge in [-0.25, -0.2) is 0 Å². The highest BCUT2D eigenvalue weighted by Gasteiger charge is 2.31. The minimum atomic E-state index is 0.474. The van der Waals surface area contributed by atoms with Gasteiger partial charge in [0.25, 0.3) is 0 Å². The lowest BCUT2D eigenvalue weighted by Crippen LogP contribution is -2.35. The van der Waals surface area contributed by atoms with Gasteiger partial charge in [-0.3, -0.25) is 0 Å². The summed E-state index contributed by atoms with van der Waals surface area (Å²) >= 11 is 0. The Bertz CT molecular complexity index is 233. The first-order valence-electron chi connectivity index (χ1n) is 9.20. The summed E-state index contributed by atoms with van der Waals surface area (Å²) in [7, 11) is 0. The minimum absolute atomic E-state index is 0.474. The molecule has 120 valence electrons. The van der Waals surface area contributed by atoms with Crippen molar-refractivity contribution < 1.29 is 0 Å². The molecule has 0 spiro atoms. The smallest absolute Gasteiger partial charge is 0.00671 e. The topological polar surface area (TPSA) is 26.0 Å². The second-order valence-electron chi connectivity index (χ2n) is 8.20. The van der Waals surface area contributed by atoms with E-state index in [0.717, 1.165) is 11.8 Å². The van der Waals surface area contributed by atoms with Crippen molar-refractivity contribution in [3.8, 4) is 0 Å². The van der Waals surface area contributed by atoms with Crippen molar-refractivity contribution in [2.75, 3.05) is 0 Å². The summed E-state index contributed by atoms with van der Waals surface area (Å²) in [5.74, 6) is 1.73. The van der Waals surface area contributed by atoms with Crippen LogP contribution in [0, 0.1) is 17.3 Å². The number of nitrogens with two attached hydrogens (primary N) is 1. The average Bonchev–Trinajstić information content (AvgIpc) is 2.41. The van der Waals surface area contributed by atoms with Crippen LogP contribution in [0.1, 0.15) is 98.3 Å². The molecule has 0 bridgehead atoms. The van der Waals surface area contributed by atoms with Crippen LogP contribution in [-0.4, -0.2) is 6.04 Å². The van der Waals surface area contributed by atoms with E-state index in [4.69, 9.17) is 5.73 Å². The molecule has 2 N–H and O–H groups in total. The molecule has 1 aliphatic rings. The van der Waals surface area contributed by atoms with Gasteiger partial charge in [-0.05, 0) is 49.4 Å². The summed E-state index contributed by atoms with van der Waals surface area (Å²) in [6.07, 6.45) is 15.1. The van der Waals surface area contributed by atoms with Gasteiger partial charge in [0, 0.05) is 6.04 Å². The monoisotopic (exact) mass is 281 g/mol. The van der Waals surface area contributed by atoms with Crippen molar-refractivity contribution in [3.05, 3.63) is 0 Å². The Labute approximate surface area is 128 Å². The number of unbranched alkanes of at least 4 members (excludes halogenated alkanes) is 5. The Hall–Kier alpha value is -0.0400. The van der Waals surface area contributed by atoms with Crippen LogP contribution in [-0.2, 0) is 0 Å². The Morgan fingerprint density at radius 2 is 1.45 bits per heavy atom. The molecule has 1 aliphatic carbocycles. The maximum absolute atomic E-state index is 6.44. The van der Waals surface area contributed by atoms with Crippen LogP contribution >= 0.6 is 0 Å². The third-order valence-electron chi connectivity index (χ3n) is 5.49. The zero-order chi connectivity index (χ0) is 15.0. The first-order valence-corrected chi connectivity index (χ1v) is 9.20. The lowest BCUT2D eigenvalue weighted by atomic mass is 9.68. The molecule has 20 heavy (non-hydrogen) atoms. The van der Waals surface area contributed by atoms with Crippen LogP contribution in [0.5, 0.6) is 0 Å². The van der Waals surface area contributed by atoms with Gasteiger partial charge in [-0.1, -0.05) is 66.2 Å². The first-order chi connectivity index (χ1) is 9.45. The third-order valence-corrected chi connectivity index (χ3v) is 5.49. The molecule has 0 radical (unpaired) electrons. The molecule has 1 unspecified atom stereocenters. The molecule has 0 aromatic heterocycles. The molecule has 1 saturated carbocycles. The zero-order valence-corrected chi connectivity index (χ0v) is 14.6. The van der Waals surface area contributed by atoms with Gasteiger partial charge >= 0.3 is 0 Å². The van der Waals surface area contributed by atoms with Gasteiger partial charge in [0.15, 0.2) is 0 Å². The summed E-state index contributed by atoms with van der Waals surface area (Å²) in [6, 6.07) is 0.474. The summed E-state index contributed by atoms with van der Waals surface area (Å²) in [4.78, 5) is 0. The molecule has 1 nitrogen and oxygen atoms in total. The molecule has 0 aliphatic heterocycles. The number of rotatable bonds is 8. The van der Waals surface area contributed by atoms with E-state index in [1.807, 2.05) is 0 Å². The normalized spacial score (nSPS) is 25.6. The van der Waals surface area contributed by atoms with Gasteiger partial charge in [-0.2, -0.15) is 0 Å². The Morgan fingerprint density at radius 3 is 2.00 bits per heavy atom. The second-order valence-corrected chi connectivity index (χ2v) is 8.20. The van der Waals surface area contributed by atoms with Crippen LogP contribution in [0.25, 0.3) is 0 Å². The number of hydrogen-bond donors (Lipinski definition) is 1. The van der Waals surface area contributed by atoms with Crippen molar-refractivity contribution in [2.45, 2.75) is 104 Å². The molecule has 1 atom stereocenters. The van der Waals surface area contributed by atoms with Crippen LogP contribution in [0.2, 0.25) is 0 Å². The maximum Gasteiger partial charge on any atom is 0.00671 e. The summed E-state index contributed by atoms with van der Waals surface area (Å²) < 4.78 is 0. The molecular formula is C19H39N. The summed E-state index contributed by atoms with van der Waals surface area (Å²) in [5, 5.41) is 0. The van der Waals surface area contributed by atoms with E-state index in [-0.39, 0.29) is 0 Å². The minimum Gasteiger partial charge on any atom is -0.327 e. The van der Waals surface area contributed by atoms with E-state index in [0.29, 0.717) is 11.5 Å². The van der Waals surface area contributed by atoms with E-state index in [1.165, 1.54) is 70.6 Å². The van der Waals surface area contributed by atoms with E-state index < -0.39 is 0 Å². The van der Waals surface area contributed by atoms with Crippen molar-refractivity contribution in [1.29, 1.82) is 0 Å². The zero-order valence-electron chi connectivity index (χ0n) is 14.6. The van der Waals surface area contributed by atoms with Crippen molar-refractivity contribution >= 4 is 0 Å². The van der Waals surface area contributed by atoms with Gasteiger partial charge in [-0.15, -0.1) is 0 Å². The molecule has 0 aromatic rings. The lowest BCUT2D eigenvalue weighted by molar-refractivity contribution is 0.137. The Morgan fingerprint density at radius 1 is 0.900 bits per heavy atom. The van der Waals surface area contributed by atoms with E-state index in [9.17, 15) is 0 Å².